The molecule has 5 fully saturated rings. The highest BCUT2D eigenvalue weighted by Gasteiger charge is 2.68. The summed E-state index contributed by atoms with van der Waals surface area (Å²) in [6.45, 7) is 21.5. The monoisotopic (exact) mass is 1010 g/mol. The SMILES string of the molecule is CCN1CCN(C(=O)NC(C(=O)N[C@@H](Cc2ccc(C(F)(F)F)c(C(=O)OC(C)(C)C)c2OC(=O)OC(C)(C)C)B2O[C@@H]3C[C@@H]4C[C@@H](C4(C)C)[C@]3(C)O2)c2csc(NC(=O)OC(C)(C)C)n2)C(=O)C1=O. The second-order valence-corrected chi connectivity index (χ2v) is 22.5. The molecular weight excluding hydrogens is 944 g/mol. The number of amides is 6. The molecule has 24 heteroatoms. The van der Waals surface area contributed by atoms with Crippen molar-refractivity contribution in [3.05, 3.63) is 39.9 Å². The van der Waals surface area contributed by atoms with Crippen molar-refractivity contribution >= 4 is 65.6 Å². The zero-order valence-electron chi connectivity index (χ0n) is 41.6. The zero-order chi connectivity index (χ0) is 52.3. The van der Waals surface area contributed by atoms with Gasteiger partial charge in [-0.05, 0) is 124 Å². The molecule has 3 heterocycles. The van der Waals surface area contributed by atoms with E-state index in [4.69, 9.17) is 28.3 Å². The number of likely N-dealkylation sites (N-methyl/N-ethyl adjacent to an activating group) is 1. The molecule has 7 rings (SSSR count). The van der Waals surface area contributed by atoms with Gasteiger partial charge in [0.25, 0.3) is 0 Å². The molecule has 1 aromatic carbocycles. The molecule has 3 saturated carbocycles. The number of alkyl halides is 3. The Morgan fingerprint density at radius 2 is 1.54 bits per heavy atom. The summed E-state index contributed by atoms with van der Waals surface area (Å²) in [6, 6.07) is -1.34. The molecule has 5 aliphatic rings. The van der Waals surface area contributed by atoms with Crippen LogP contribution in [-0.4, -0.2) is 118 Å². The lowest BCUT2D eigenvalue weighted by molar-refractivity contribution is -0.199. The molecule has 2 aromatic rings. The number of nitrogens with zero attached hydrogens (tertiary/aromatic N) is 3. The van der Waals surface area contributed by atoms with Crippen molar-refractivity contribution in [2.45, 2.75) is 156 Å². The zero-order valence-corrected chi connectivity index (χ0v) is 42.4. The predicted octanol–water partition coefficient (Wildman–Crippen LogP) is 7.21. The van der Waals surface area contributed by atoms with Crippen LogP contribution in [0.5, 0.6) is 5.75 Å². The number of halogens is 3. The van der Waals surface area contributed by atoms with E-state index in [1.165, 1.54) is 51.8 Å². The Labute approximate surface area is 408 Å². The lowest BCUT2D eigenvalue weighted by atomic mass is 9.43. The number of esters is 1. The fourth-order valence-corrected chi connectivity index (χ4v) is 10.0. The Hall–Kier alpha value is -5.49. The molecule has 384 valence electrons. The molecule has 1 unspecified atom stereocenters. The van der Waals surface area contributed by atoms with E-state index >= 15 is 0 Å². The Bertz CT molecular complexity index is 2410. The van der Waals surface area contributed by atoms with Crippen LogP contribution in [0.3, 0.4) is 0 Å². The van der Waals surface area contributed by atoms with Crippen molar-refractivity contribution in [2.24, 2.45) is 17.3 Å². The molecule has 0 radical (unpaired) electrons. The van der Waals surface area contributed by atoms with Crippen LogP contribution >= 0.6 is 11.3 Å². The fourth-order valence-electron chi connectivity index (χ4n) is 9.33. The number of rotatable bonds is 11. The van der Waals surface area contributed by atoms with Gasteiger partial charge in [-0.2, -0.15) is 13.2 Å². The highest BCUT2D eigenvalue weighted by molar-refractivity contribution is 7.14. The quantitative estimate of drug-likeness (QED) is 0.0664. The molecule has 3 N–H and O–H groups in total. The first-order chi connectivity index (χ1) is 32.1. The van der Waals surface area contributed by atoms with E-state index in [1.54, 1.807) is 27.7 Å². The van der Waals surface area contributed by atoms with Gasteiger partial charge >= 0.3 is 49.4 Å². The van der Waals surface area contributed by atoms with Gasteiger partial charge in [0.1, 0.15) is 22.4 Å². The highest BCUT2D eigenvalue weighted by Crippen LogP contribution is 2.66. The lowest BCUT2D eigenvalue weighted by Gasteiger charge is -2.64. The Balaban J connectivity index is 1.45. The van der Waals surface area contributed by atoms with Gasteiger partial charge in [-0.25, -0.2) is 24.2 Å². The van der Waals surface area contributed by atoms with Crippen molar-refractivity contribution in [2.75, 3.05) is 25.0 Å². The number of carbonyl (C=O) groups is 7. The number of imide groups is 1. The summed E-state index contributed by atoms with van der Waals surface area (Å²) in [4.78, 5) is 101. The number of hydrogen-bond acceptors (Lipinski definition) is 15. The first-order valence-electron chi connectivity index (χ1n) is 23.0. The molecule has 6 amide bonds. The number of benzene rings is 1. The molecule has 0 spiro atoms. The molecular formula is C46H62BF3N6O13S. The van der Waals surface area contributed by atoms with E-state index < -0.39 is 119 Å². The van der Waals surface area contributed by atoms with Crippen molar-refractivity contribution in [1.29, 1.82) is 0 Å². The number of hydrogen-bond donors (Lipinski definition) is 3. The van der Waals surface area contributed by atoms with Gasteiger partial charge in [0.15, 0.2) is 16.9 Å². The van der Waals surface area contributed by atoms with E-state index in [9.17, 15) is 46.7 Å². The van der Waals surface area contributed by atoms with Crippen LogP contribution < -0.4 is 20.7 Å². The molecule has 70 heavy (non-hydrogen) atoms. The Morgan fingerprint density at radius 3 is 2.13 bits per heavy atom. The summed E-state index contributed by atoms with van der Waals surface area (Å²) in [5, 5.41) is 9.08. The third-order valence-electron chi connectivity index (χ3n) is 12.7. The van der Waals surface area contributed by atoms with Gasteiger partial charge in [-0.15, -0.1) is 11.3 Å². The van der Waals surface area contributed by atoms with Gasteiger partial charge in [-0.1, -0.05) is 19.9 Å². The molecule has 2 aliphatic heterocycles. The van der Waals surface area contributed by atoms with E-state index in [0.717, 1.165) is 23.8 Å². The summed E-state index contributed by atoms with van der Waals surface area (Å²) in [7, 11) is -1.35. The number of piperazine rings is 1. The van der Waals surface area contributed by atoms with Crippen LogP contribution in [0.25, 0.3) is 0 Å². The van der Waals surface area contributed by atoms with Crippen LogP contribution in [0.2, 0.25) is 0 Å². The minimum atomic E-state index is -5.18. The second kappa shape index (κ2) is 19.3. The van der Waals surface area contributed by atoms with Crippen LogP contribution in [0, 0.1) is 17.3 Å². The van der Waals surface area contributed by atoms with E-state index in [2.05, 4.69) is 34.8 Å². The smallest absolute Gasteiger partial charge is 0.456 e. The lowest BCUT2D eigenvalue weighted by Crippen LogP contribution is -2.65. The maximum Gasteiger partial charge on any atom is 0.514 e. The number of nitrogens with one attached hydrogen (secondary N) is 3. The molecule has 2 bridgehead atoms. The molecule has 3 aliphatic carbocycles. The molecule has 2 saturated heterocycles. The molecule has 1 aromatic heterocycles. The van der Waals surface area contributed by atoms with Crippen molar-refractivity contribution in [3.8, 4) is 5.75 Å². The largest absolute Gasteiger partial charge is 0.514 e. The van der Waals surface area contributed by atoms with Gasteiger partial charge in [-0.3, -0.25) is 24.6 Å². The van der Waals surface area contributed by atoms with E-state index in [0.29, 0.717) is 17.4 Å². The summed E-state index contributed by atoms with van der Waals surface area (Å²) in [5.41, 5.74) is -7.50. The second-order valence-electron chi connectivity index (χ2n) is 21.6. The number of carbonyl (C=O) groups excluding carboxylic acids is 7. The normalized spacial score (nSPS) is 23.1. The maximum absolute atomic E-state index is 15.0. The Morgan fingerprint density at radius 1 is 0.900 bits per heavy atom. The average molecular weight is 1010 g/mol. The third-order valence-corrected chi connectivity index (χ3v) is 13.5. The molecule has 6 atom stereocenters. The summed E-state index contributed by atoms with van der Waals surface area (Å²) in [5.74, 6) is -6.62. The topological polar surface area (TPSA) is 230 Å². The van der Waals surface area contributed by atoms with Crippen LogP contribution in [0.15, 0.2) is 17.5 Å². The first-order valence-corrected chi connectivity index (χ1v) is 23.9. The van der Waals surface area contributed by atoms with Gasteiger partial charge in [0.05, 0.1) is 28.9 Å². The minimum Gasteiger partial charge on any atom is -0.456 e. The van der Waals surface area contributed by atoms with Crippen molar-refractivity contribution < 1.29 is 75.0 Å². The maximum atomic E-state index is 15.0. The number of ether oxygens (including phenoxy) is 4. The van der Waals surface area contributed by atoms with Crippen molar-refractivity contribution in [1.82, 2.24) is 25.4 Å². The summed E-state index contributed by atoms with van der Waals surface area (Å²) >= 11 is 0.862. The van der Waals surface area contributed by atoms with Gasteiger partial charge < -0.3 is 43.8 Å². The van der Waals surface area contributed by atoms with E-state index in [1.807, 2.05) is 6.92 Å². The average Bonchev–Trinajstić information content (AvgIpc) is 3.81. The van der Waals surface area contributed by atoms with E-state index in [-0.39, 0.29) is 53.3 Å². The standard InChI is InChI=1S/C46H62BF3N6O13S/c1-14-55-17-18-56(35(59)34(55)58)38(61)53-31(26-22-70-37(51-26)54-39(62)66-42(5,6)7)33(57)52-29(47-68-28-21-24-20-27(44(24,11)12)45(28,13)69-47)19-23-15-16-25(46(48,49)50)30(36(60)65-41(2,3)4)32(23)64-40(63)67-43(8,9)10/h15-16,22,24,27-29,31H,14,17-21H2,1-13H3,(H,52,57)(H,53,61)(H,51,54,62)/t24-,27-,28+,29-,31?,45-/m0/s1. The number of thiazole rings is 1. The third kappa shape index (κ3) is 11.8. The van der Waals surface area contributed by atoms with Gasteiger partial charge in [0, 0.05) is 25.0 Å². The minimum absolute atomic E-state index is 0.00707. The Kier molecular flexibility index (Phi) is 14.8. The van der Waals surface area contributed by atoms with Crippen LogP contribution in [0.4, 0.5) is 32.7 Å². The fraction of sp³-hybridized carbons (Fsp3) is 0.652. The summed E-state index contributed by atoms with van der Waals surface area (Å²) < 4.78 is 79.7. The number of anilines is 1. The number of aromatic nitrogens is 1. The molecule has 19 nitrogen and oxygen atoms in total. The first kappa shape index (κ1) is 53.9. The number of urea groups is 1. The highest BCUT2D eigenvalue weighted by atomic mass is 32.1. The predicted molar refractivity (Wildman–Crippen MR) is 246 cm³/mol. The summed E-state index contributed by atoms with van der Waals surface area (Å²) in [6.07, 6.45) is -7.15. The van der Waals surface area contributed by atoms with Crippen LogP contribution in [-0.2, 0) is 50.5 Å². The van der Waals surface area contributed by atoms with Crippen LogP contribution in [0.1, 0.15) is 136 Å². The van der Waals surface area contributed by atoms with Crippen molar-refractivity contribution in [3.63, 3.8) is 0 Å². The van der Waals surface area contributed by atoms with Gasteiger partial charge in [0.2, 0.25) is 5.91 Å².